The predicted molar refractivity (Wildman–Crippen MR) is 133 cm³/mol. The summed E-state index contributed by atoms with van der Waals surface area (Å²) < 4.78 is 12.0. The number of rotatable bonds is 7. The zero-order valence-corrected chi connectivity index (χ0v) is 19.5. The molecule has 2 atom stereocenters. The van der Waals surface area contributed by atoms with Gasteiger partial charge in [0.2, 0.25) is 0 Å². The van der Waals surface area contributed by atoms with Crippen molar-refractivity contribution in [3.63, 3.8) is 0 Å². The van der Waals surface area contributed by atoms with E-state index in [-0.39, 0.29) is 11.7 Å². The van der Waals surface area contributed by atoms with Gasteiger partial charge in [0.25, 0.3) is 0 Å². The molecular formula is C29H33NO4. The summed E-state index contributed by atoms with van der Waals surface area (Å²) in [5.74, 6) is 1.29. The minimum Gasteiger partial charge on any atom is -0.508 e. The molecule has 3 aromatic carbocycles. The summed E-state index contributed by atoms with van der Waals surface area (Å²) in [6, 6.07) is 23.0. The highest BCUT2D eigenvalue weighted by Crippen LogP contribution is 2.48. The van der Waals surface area contributed by atoms with Gasteiger partial charge in [-0.1, -0.05) is 48.9 Å². The number of hydrogen-bond donors (Lipinski definition) is 2. The molecule has 0 bridgehead atoms. The van der Waals surface area contributed by atoms with Crippen LogP contribution in [0.3, 0.4) is 0 Å². The second-order valence-electron chi connectivity index (χ2n) is 9.45. The quantitative estimate of drug-likeness (QED) is 0.528. The Kier molecular flexibility index (Phi) is 6.75. The van der Waals surface area contributed by atoms with Crippen LogP contribution < -0.4 is 9.47 Å². The molecule has 5 rings (SSSR count). The van der Waals surface area contributed by atoms with Gasteiger partial charge in [0, 0.05) is 24.6 Å². The third kappa shape index (κ3) is 4.91. The summed E-state index contributed by atoms with van der Waals surface area (Å²) in [4.78, 5) is 2.47. The highest BCUT2D eigenvalue weighted by atomic mass is 16.5. The largest absolute Gasteiger partial charge is 0.508 e. The molecule has 2 heterocycles. The lowest BCUT2D eigenvalue weighted by Crippen LogP contribution is -2.42. The van der Waals surface area contributed by atoms with Gasteiger partial charge in [-0.15, -0.1) is 0 Å². The van der Waals surface area contributed by atoms with Crippen molar-refractivity contribution in [3.8, 4) is 17.2 Å². The number of piperidine rings is 1. The first-order valence-electron chi connectivity index (χ1n) is 12.3. The molecule has 2 N–H and O–H groups in total. The molecule has 2 aliphatic rings. The van der Waals surface area contributed by atoms with Gasteiger partial charge in [0.15, 0.2) is 0 Å². The number of fused-ring (bicyclic) bond motifs is 1. The first-order valence-corrected chi connectivity index (χ1v) is 12.3. The Bertz CT molecular complexity index is 1080. The van der Waals surface area contributed by atoms with Crippen molar-refractivity contribution in [2.45, 2.75) is 37.2 Å². The number of benzene rings is 3. The van der Waals surface area contributed by atoms with Crippen molar-refractivity contribution < 1.29 is 19.7 Å². The average molecular weight is 460 g/mol. The van der Waals surface area contributed by atoms with Crippen LogP contribution in [0.5, 0.6) is 17.2 Å². The van der Waals surface area contributed by atoms with Crippen molar-refractivity contribution >= 4 is 0 Å². The molecule has 0 saturated carbocycles. The molecule has 0 amide bonds. The Balaban J connectivity index is 1.33. The number of likely N-dealkylation sites (tertiary alicyclic amines) is 1. The van der Waals surface area contributed by atoms with Crippen LogP contribution in [-0.2, 0) is 12.0 Å². The maximum absolute atomic E-state index is 12.1. The number of aliphatic hydroxyl groups is 1. The molecule has 5 nitrogen and oxygen atoms in total. The minimum absolute atomic E-state index is 0.130. The highest BCUT2D eigenvalue weighted by molar-refractivity contribution is 5.48. The van der Waals surface area contributed by atoms with E-state index < -0.39 is 5.60 Å². The van der Waals surface area contributed by atoms with Gasteiger partial charge in [-0.3, -0.25) is 4.90 Å². The fraction of sp³-hybridized carbons (Fsp3) is 0.379. The van der Waals surface area contributed by atoms with Crippen molar-refractivity contribution in [3.05, 3.63) is 89.5 Å². The van der Waals surface area contributed by atoms with Crippen LogP contribution in [0.4, 0.5) is 0 Å². The Morgan fingerprint density at radius 2 is 1.71 bits per heavy atom. The molecular weight excluding hydrogens is 426 g/mol. The molecule has 0 aromatic heterocycles. The van der Waals surface area contributed by atoms with E-state index in [4.69, 9.17) is 9.47 Å². The van der Waals surface area contributed by atoms with Crippen LogP contribution in [0, 0.1) is 0 Å². The van der Waals surface area contributed by atoms with Crippen molar-refractivity contribution in [2.75, 3.05) is 32.8 Å². The molecule has 0 spiro atoms. The van der Waals surface area contributed by atoms with Crippen LogP contribution in [0.1, 0.15) is 41.9 Å². The molecule has 0 radical (unpaired) electrons. The normalized spacial score (nSPS) is 22.6. The molecule has 1 fully saturated rings. The van der Waals surface area contributed by atoms with Crippen molar-refractivity contribution in [2.24, 2.45) is 0 Å². The Morgan fingerprint density at radius 1 is 0.941 bits per heavy atom. The van der Waals surface area contributed by atoms with E-state index in [9.17, 15) is 10.2 Å². The topological polar surface area (TPSA) is 62.2 Å². The van der Waals surface area contributed by atoms with Crippen molar-refractivity contribution in [1.29, 1.82) is 0 Å². The Labute approximate surface area is 201 Å². The van der Waals surface area contributed by atoms with E-state index in [1.807, 2.05) is 54.6 Å². The molecule has 0 unspecified atom stereocenters. The predicted octanol–water partition coefficient (Wildman–Crippen LogP) is 4.86. The fourth-order valence-electron chi connectivity index (χ4n) is 5.25. The van der Waals surface area contributed by atoms with Crippen molar-refractivity contribution in [1.82, 2.24) is 4.90 Å². The van der Waals surface area contributed by atoms with Gasteiger partial charge in [0.1, 0.15) is 29.5 Å². The van der Waals surface area contributed by atoms with E-state index in [2.05, 4.69) is 4.90 Å². The smallest absolute Gasteiger partial charge is 0.129 e. The number of phenols is 1. The lowest BCUT2D eigenvalue weighted by molar-refractivity contribution is -0.0256. The highest BCUT2D eigenvalue weighted by Gasteiger charge is 2.45. The third-order valence-corrected chi connectivity index (χ3v) is 7.14. The van der Waals surface area contributed by atoms with E-state index >= 15 is 0 Å². The zero-order valence-electron chi connectivity index (χ0n) is 19.5. The molecule has 2 aliphatic heterocycles. The zero-order chi connectivity index (χ0) is 23.4. The Morgan fingerprint density at radius 3 is 2.47 bits per heavy atom. The SMILES string of the molecule is Oc1ccc2c(c1)OC[C@H](c1ccccc1)[C@@]2(O)Cc1ccc(OCCN2CCCCC2)cc1. The van der Waals surface area contributed by atoms with Gasteiger partial charge in [0.05, 0.1) is 12.5 Å². The second kappa shape index (κ2) is 10.1. The number of phenolic OH excluding ortho intramolecular Hbond substituents is 1. The summed E-state index contributed by atoms with van der Waals surface area (Å²) in [6.07, 6.45) is 4.35. The van der Waals surface area contributed by atoms with E-state index in [1.165, 1.54) is 32.4 Å². The van der Waals surface area contributed by atoms with Gasteiger partial charge in [-0.25, -0.2) is 0 Å². The number of nitrogens with zero attached hydrogens (tertiary/aromatic N) is 1. The molecule has 1 saturated heterocycles. The lowest BCUT2D eigenvalue weighted by Gasteiger charge is -2.41. The molecule has 34 heavy (non-hydrogen) atoms. The van der Waals surface area contributed by atoms with Crippen LogP contribution in [0.2, 0.25) is 0 Å². The maximum atomic E-state index is 12.1. The minimum atomic E-state index is -1.17. The summed E-state index contributed by atoms with van der Waals surface area (Å²) >= 11 is 0. The van der Waals surface area contributed by atoms with Crippen LogP contribution >= 0.6 is 0 Å². The number of aromatic hydroxyl groups is 1. The van der Waals surface area contributed by atoms with E-state index in [0.717, 1.165) is 23.4 Å². The average Bonchev–Trinajstić information content (AvgIpc) is 2.86. The van der Waals surface area contributed by atoms with Gasteiger partial charge >= 0.3 is 0 Å². The number of hydrogen-bond acceptors (Lipinski definition) is 5. The summed E-state index contributed by atoms with van der Waals surface area (Å²) in [5.41, 5.74) is 1.58. The standard InChI is InChI=1S/C29H33NO4/c31-24-11-14-26-28(19-24)34-21-27(23-7-3-1-4-8-23)29(26,32)20-22-9-12-25(13-10-22)33-18-17-30-15-5-2-6-16-30/h1,3-4,7-14,19,27,31-32H,2,5-6,15-18,20-21H2/t27-,29-/m1/s1. The first kappa shape index (κ1) is 22.8. The fourth-order valence-corrected chi connectivity index (χ4v) is 5.25. The Hall–Kier alpha value is -3.02. The molecule has 5 heteroatoms. The van der Waals surface area contributed by atoms with E-state index in [1.54, 1.807) is 18.2 Å². The van der Waals surface area contributed by atoms with Crippen LogP contribution in [-0.4, -0.2) is 48.0 Å². The summed E-state index contributed by atoms with van der Waals surface area (Å²) in [6.45, 7) is 4.34. The first-order chi connectivity index (χ1) is 16.6. The molecule has 0 aliphatic carbocycles. The second-order valence-corrected chi connectivity index (χ2v) is 9.45. The van der Waals surface area contributed by atoms with E-state index in [0.29, 0.717) is 30.9 Å². The monoisotopic (exact) mass is 459 g/mol. The van der Waals surface area contributed by atoms with Gasteiger partial charge in [-0.05, 0) is 61.3 Å². The van der Waals surface area contributed by atoms with Gasteiger partial charge in [-0.2, -0.15) is 0 Å². The summed E-state index contributed by atoms with van der Waals surface area (Å²) in [7, 11) is 0. The maximum Gasteiger partial charge on any atom is 0.129 e. The van der Waals surface area contributed by atoms with Crippen LogP contribution in [0.15, 0.2) is 72.8 Å². The van der Waals surface area contributed by atoms with Crippen LogP contribution in [0.25, 0.3) is 0 Å². The summed E-state index contributed by atoms with van der Waals surface area (Å²) in [5, 5.41) is 22.1. The third-order valence-electron chi connectivity index (χ3n) is 7.14. The molecule has 3 aromatic rings. The number of ether oxygens (including phenoxy) is 2. The lowest BCUT2D eigenvalue weighted by atomic mass is 9.72. The van der Waals surface area contributed by atoms with Gasteiger partial charge < -0.3 is 19.7 Å². The molecule has 178 valence electrons.